The molecule has 0 spiro atoms. The number of nitrogens with one attached hydrogen (secondary N) is 1. The summed E-state index contributed by atoms with van der Waals surface area (Å²) in [6, 6.07) is 7.61. The number of aryl methyl sites for hydroxylation is 1. The summed E-state index contributed by atoms with van der Waals surface area (Å²) in [6.07, 6.45) is 8.74. The molecule has 0 fully saturated rings. The molecule has 0 radical (unpaired) electrons. The van der Waals surface area contributed by atoms with Gasteiger partial charge >= 0.3 is 5.97 Å². The highest BCUT2D eigenvalue weighted by atomic mass is 16.5. The molecule has 0 saturated heterocycles. The quantitative estimate of drug-likeness (QED) is 0.398. The summed E-state index contributed by atoms with van der Waals surface area (Å²) >= 11 is 0. The third kappa shape index (κ3) is 8.19. The van der Waals surface area contributed by atoms with Crippen molar-refractivity contribution >= 4 is 17.6 Å². The van der Waals surface area contributed by atoms with E-state index in [1.54, 1.807) is 0 Å². The Kier molecular flexibility index (Phi) is 9.45. The highest BCUT2D eigenvalue weighted by molar-refractivity contribution is 6.02. The third-order valence-corrected chi connectivity index (χ3v) is 3.52. The summed E-state index contributed by atoms with van der Waals surface area (Å²) in [5.41, 5.74) is 1.83. The van der Waals surface area contributed by atoms with Crippen LogP contribution in [0.2, 0.25) is 0 Å². The van der Waals surface area contributed by atoms with Crippen LogP contribution in [-0.4, -0.2) is 18.5 Å². The van der Waals surface area contributed by atoms with Gasteiger partial charge in [-0.3, -0.25) is 4.79 Å². The van der Waals surface area contributed by atoms with Crippen LogP contribution in [0.5, 0.6) is 0 Å². The largest absolute Gasteiger partial charge is 0.463 e. The van der Waals surface area contributed by atoms with Gasteiger partial charge in [-0.15, -0.1) is 0 Å². The van der Waals surface area contributed by atoms with Crippen molar-refractivity contribution in [2.75, 3.05) is 11.9 Å². The molecule has 0 unspecified atom stereocenters. The second-order valence-corrected chi connectivity index (χ2v) is 5.41. The molecule has 23 heavy (non-hydrogen) atoms. The van der Waals surface area contributed by atoms with E-state index in [0.717, 1.165) is 30.5 Å². The normalized spacial score (nSPS) is 10.7. The summed E-state index contributed by atoms with van der Waals surface area (Å²) in [5.74, 6) is -0.801. The number of rotatable bonds is 10. The van der Waals surface area contributed by atoms with E-state index in [2.05, 4.69) is 12.2 Å². The minimum Gasteiger partial charge on any atom is -0.463 e. The first-order valence-corrected chi connectivity index (χ1v) is 8.41. The van der Waals surface area contributed by atoms with Crippen LogP contribution in [0.25, 0.3) is 0 Å². The molecule has 0 aliphatic rings. The van der Waals surface area contributed by atoms with Gasteiger partial charge in [0.1, 0.15) is 0 Å². The van der Waals surface area contributed by atoms with Gasteiger partial charge < -0.3 is 10.1 Å². The fourth-order valence-electron chi connectivity index (χ4n) is 2.20. The Labute approximate surface area is 138 Å². The molecule has 4 nitrogen and oxygen atoms in total. The average molecular weight is 317 g/mol. The van der Waals surface area contributed by atoms with E-state index < -0.39 is 5.97 Å². The molecule has 126 valence electrons. The van der Waals surface area contributed by atoms with Crippen molar-refractivity contribution in [1.29, 1.82) is 0 Å². The molecule has 0 bridgehead atoms. The van der Waals surface area contributed by atoms with Gasteiger partial charge in [-0.05, 0) is 24.5 Å². The van der Waals surface area contributed by atoms with Crippen LogP contribution in [0.1, 0.15) is 51.5 Å². The first-order chi connectivity index (χ1) is 11.2. The van der Waals surface area contributed by atoms with Crippen molar-refractivity contribution in [2.45, 2.75) is 52.4 Å². The van der Waals surface area contributed by atoms with Crippen LogP contribution in [-0.2, 0) is 20.7 Å². The number of amides is 1. The zero-order valence-electron chi connectivity index (χ0n) is 14.1. The smallest absolute Gasteiger partial charge is 0.330 e. The van der Waals surface area contributed by atoms with Crippen LogP contribution in [0.15, 0.2) is 36.4 Å². The Bertz CT molecular complexity index is 523. The molecule has 1 aromatic rings. The number of anilines is 1. The zero-order chi connectivity index (χ0) is 16.9. The van der Waals surface area contributed by atoms with E-state index in [9.17, 15) is 9.59 Å². The fourth-order valence-corrected chi connectivity index (χ4v) is 2.20. The van der Waals surface area contributed by atoms with Crippen LogP contribution < -0.4 is 5.32 Å². The summed E-state index contributed by atoms with van der Waals surface area (Å²) in [7, 11) is 0. The minimum atomic E-state index is -0.473. The SMILES string of the molecule is CCCCCCCOC(=O)/C=C/C(=O)Nc1ccccc1CC. The Morgan fingerprint density at radius 2 is 1.78 bits per heavy atom. The number of esters is 1. The lowest BCUT2D eigenvalue weighted by molar-refractivity contribution is -0.138. The van der Waals surface area contributed by atoms with Crippen molar-refractivity contribution in [1.82, 2.24) is 0 Å². The number of hydrogen-bond acceptors (Lipinski definition) is 3. The van der Waals surface area contributed by atoms with Gasteiger partial charge in [-0.25, -0.2) is 4.79 Å². The van der Waals surface area contributed by atoms with E-state index in [0.29, 0.717) is 6.61 Å². The average Bonchev–Trinajstić information content (AvgIpc) is 2.56. The predicted octanol–water partition coefficient (Wildman–Crippen LogP) is 4.26. The number of ether oxygens (including phenoxy) is 1. The van der Waals surface area contributed by atoms with Gasteiger partial charge in [0.2, 0.25) is 5.91 Å². The van der Waals surface area contributed by atoms with Gasteiger partial charge in [-0.1, -0.05) is 57.7 Å². The molecular weight excluding hydrogens is 290 g/mol. The van der Waals surface area contributed by atoms with Crippen molar-refractivity contribution in [2.24, 2.45) is 0 Å². The predicted molar refractivity (Wildman–Crippen MR) is 93.3 cm³/mol. The van der Waals surface area contributed by atoms with Crippen LogP contribution in [0, 0.1) is 0 Å². The molecule has 0 aliphatic heterocycles. The van der Waals surface area contributed by atoms with E-state index in [-0.39, 0.29) is 5.91 Å². The number of carbonyl (C=O) groups is 2. The fraction of sp³-hybridized carbons (Fsp3) is 0.474. The lowest BCUT2D eigenvalue weighted by Gasteiger charge is -2.07. The highest BCUT2D eigenvalue weighted by Crippen LogP contribution is 2.15. The lowest BCUT2D eigenvalue weighted by Crippen LogP contribution is -2.11. The molecule has 1 amide bonds. The van der Waals surface area contributed by atoms with Crippen molar-refractivity contribution in [3.63, 3.8) is 0 Å². The monoisotopic (exact) mass is 317 g/mol. The lowest BCUT2D eigenvalue weighted by atomic mass is 10.1. The standard InChI is InChI=1S/C19H27NO3/c1-3-5-6-7-10-15-23-19(22)14-13-18(21)20-17-12-9-8-11-16(17)4-2/h8-9,11-14H,3-7,10,15H2,1-2H3,(H,20,21)/b14-13+. The molecular formula is C19H27NO3. The summed E-state index contributed by atoms with van der Waals surface area (Å²) in [4.78, 5) is 23.4. The topological polar surface area (TPSA) is 55.4 Å². The zero-order valence-corrected chi connectivity index (χ0v) is 14.1. The molecule has 1 aromatic carbocycles. The molecule has 1 N–H and O–H groups in total. The first-order valence-electron chi connectivity index (χ1n) is 8.41. The van der Waals surface area contributed by atoms with Gasteiger partial charge in [-0.2, -0.15) is 0 Å². The second kappa shape index (κ2) is 11.5. The Balaban J connectivity index is 2.30. The second-order valence-electron chi connectivity index (χ2n) is 5.41. The van der Waals surface area contributed by atoms with E-state index in [1.807, 2.05) is 31.2 Å². The Morgan fingerprint density at radius 3 is 2.52 bits per heavy atom. The number of carbonyl (C=O) groups excluding carboxylic acids is 2. The molecule has 0 atom stereocenters. The maximum atomic E-state index is 11.8. The van der Waals surface area contributed by atoms with Gasteiger partial charge in [0.05, 0.1) is 6.61 Å². The number of para-hydroxylation sites is 1. The molecule has 1 rings (SSSR count). The minimum absolute atomic E-state index is 0.328. The van der Waals surface area contributed by atoms with Gasteiger partial charge in [0.25, 0.3) is 0 Å². The first kappa shape index (κ1) is 18.9. The summed E-state index contributed by atoms with van der Waals surface area (Å²) in [6.45, 7) is 4.60. The van der Waals surface area contributed by atoms with Crippen molar-refractivity contribution in [3.05, 3.63) is 42.0 Å². The van der Waals surface area contributed by atoms with Crippen LogP contribution in [0.3, 0.4) is 0 Å². The van der Waals surface area contributed by atoms with Crippen molar-refractivity contribution < 1.29 is 14.3 Å². The van der Waals surface area contributed by atoms with Crippen LogP contribution >= 0.6 is 0 Å². The Hall–Kier alpha value is -2.10. The van der Waals surface area contributed by atoms with Gasteiger partial charge in [0.15, 0.2) is 0 Å². The van der Waals surface area contributed by atoms with Crippen molar-refractivity contribution in [3.8, 4) is 0 Å². The number of unbranched alkanes of at least 4 members (excludes halogenated alkanes) is 4. The maximum Gasteiger partial charge on any atom is 0.330 e. The van der Waals surface area contributed by atoms with Crippen LogP contribution in [0.4, 0.5) is 5.69 Å². The summed E-state index contributed by atoms with van der Waals surface area (Å²) in [5, 5.41) is 2.77. The van der Waals surface area contributed by atoms with E-state index in [4.69, 9.17) is 4.74 Å². The number of benzene rings is 1. The molecule has 4 heteroatoms. The van der Waals surface area contributed by atoms with Gasteiger partial charge in [0, 0.05) is 17.8 Å². The maximum absolute atomic E-state index is 11.8. The number of hydrogen-bond donors (Lipinski definition) is 1. The third-order valence-electron chi connectivity index (χ3n) is 3.52. The highest BCUT2D eigenvalue weighted by Gasteiger charge is 2.04. The molecule has 0 heterocycles. The summed E-state index contributed by atoms with van der Waals surface area (Å²) < 4.78 is 5.06. The van der Waals surface area contributed by atoms with E-state index in [1.165, 1.54) is 31.4 Å². The molecule has 0 aromatic heterocycles. The van der Waals surface area contributed by atoms with E-state index >= 15 is 0 Å². The molecule has 0 aliphatic carbocycles. The molecule has 0 saturated carbocycles. The Morgan fingerprint density at radius 1 is 1.04 bits per heavy atom.